The molecule has 2 fully saturated rings. The van der Waals surface area contributed by atoms with Crippen LogP contribution in [0.3, 0.4) is 0 Å². The molecular weight excluding hydrogens is 572 g/mol. The van der Waals surface area contributed by atoms with Crippen molar-refractivity contribution in [1.29, 1.82) is 0 Å². The third kappa shape index (κ3) is 5.68. The predicted molar refractivity (Wildman–Crippen MR) is 167 cm³/mol. The fraction of sp³-hybridized carbons (Fsp3) is 0.412. The number of ether oxygens (including phenoxy) is 1. The van der Waals surface area contributed by atoms with Crippen molar-refractivity contribution in [3.8, 4) is 22.5 Å². The summed E-state index contributed by atoms with van der Waals surface area (Å²) in [6.07, 6.45) is 8.88. The topological polar surface area (TPSA) is 137 Å². The summed E-state index contributed by atoms with van der Waals surface area (Å²) in [4.78, 5) is 45.2. The minimum atomic E-state index is -0.602. The van der Waals surface area contributed by atoms with Crippen LogP contribution < -0.4 is 11.3 Å². The number of nitrogens with zero attached hydrogens (tertiary/aromatic N) is 5. The normalized spacial score (nSPS) is 20.3. The number of aromatic amines is 1. The van der Waals surface area contributed by atoms with E-state index in [0.29, 0.717) is 30.9 Å². The number of carbonyl (C=O) groups is 1. The molecule has 7 rings (SSSR count). The Morgan fingerprint density at radius 1 is 0.978 bits per heavy atom. The quantitative estimate of drug-likeness (QED) is 0.245. The number of hydrogen-bond acceptors (Lipinski definition) is 8. The van der Waals surface area contributed by atoms with Crippen LogP contribution in [-0.2, 0) is 22.4 Å². The Morgan fingerprint density at radius 2 is 1.76 bits per heavy atom. The number of H-pyrrole nitrogens is 1. The van der Waals surface area contributed by atoms with Crippen LogP contribution in [0.2, 0.25) is 0 Å². The largest absolute Gasteiger partial charge is 0.439 e. The molecule has 232 valence electrons. The zero-order valence-corrected chi connectivity index (χ0v) is 25.3. The minimum absolute atomic E-state index is 0.0143. The summed E-state index contributed by atoms with van der Waals surface area (Å²) in [6, 6.07) is 15.8. The monoisotopic (exact) mass is 608 g/mol. The number of carbonyl (C=O) groups excluding carboxylic acids is 1. The molecule has 11 heteroatoms. The number of ketones is 1. The van der Waals surface area contributed by atoms with E-state index in [1.165, 1.54) is 6.33 Å². The summed E-state index contributed by atoms with van der Waals surface area (Å²) >= 11 is 0. The number of aryl methyl sites for hydroxylation is 1. The molecule has 2 aromatic carbocycles. The van der Waals surface area contributed by atoms with E-state index in [0.717, 1.165) is 78.5 Å². The van der Waals surface area contributed by atoms with Crippen LogP contribution in [0.4, 0.5) is 0 Å². The summed E-state index contributed by atoms with van der Waals surface area (Å²) in [7, 11) is 0. The Balaban J connectivity index is 1.18. The number of fused-ring (bicyclic) bond motifs is 1. The highest BCUT2D eigenvalue weighted by Gasteiger charge is 2.32. The van der Waals surface area contributed by atoms with Crippen molar-refractivity contribution in [3.05, 3.63) is 92.6 Å². The van der Waals surface area contributed by atoms with Crippen molar-refractivity contribution in [1.82, 2.24) is 29.3 Å². The van der Waals surface area contributed by atoms with Gasteiger partial charge in [0, 0.05) is 30.0 Å². The smallest absolute Gasteiger partial charge is 0.367 e. The number of Topliss-reactive ketones (excluding diaryl/α,β-unsaturated/α-hetero) is 1. The van der Waals surface area contributed by atoms with E-state index < -0.39 is 5.76 Å². The molecule has 5 aromatic rings. The average Bonchev–Trinajstić information content (AvgIpc) is 3.82. The molecule has 11 nitrogen and oxygen atoms in total. The third-order valence-corrected chi connectivity index (χ3v) is 9.20. The Hall–Kier alpha value is -4.64. The number of rotatable bonds is 9. The molecular formula is C34H36N6O5. The molecule has 0 spiro atoms. The van der Waals surface area contributed by atoms with Crippen molar-refractivity contribution in [3.63, 3.8) is 0 Å². The predicted octanol–water partition coefficient (Wildman–Crippen LogP) is 5.07. The highest BCUT2D eigenvalue weighted by Crippen LogP contribution is 2.33. The molecule has 3 heterocycles. The Bertz CT molecular complexity index is 1940. The second-order valence-corrected chi connectivity index (χ2v) is 12.1. The molecule has 0 bridgehead atoms. The van der Waals surface area contributed by atoms with Crippen LogP contribution in [0.1, 0.15) is 81.2 Å². The second kappa shape index (κ2) is 12.4. The zero-order valence-electron chi connectivity index (χ0n) is 25.3. The van der Waals surface area contributed by atoms with Gasteiger partial charge in [0.15, 0.2) is 11.6 Å². The molecule has 45 heavy (non-hydrogen) atoms. The van der Waals surface area contributed by atoms with Gasteiger partial charge < -0.3 is 4.74 Å². The van der Waals surface area contributed by atoms with Gasteiger partial charge in [-0.1, -0.05) is 67.0 Å². The van der Waals surface area contributed by atoms with E-state index in [2.05, 4.69) is 27.1 Å². The Labute approximate surface area is 259 Å². The number of benzene rings is 2. The molecule has 2 aliphatic carbocycles. The molecule has 3 aromatic heterocycles. The lowest BCUT2D eigenvalue weighted by atomic mass is 9.92. The lowest BCUT2D eigenvalue weighted by Crippen LogP contribution is -2.36. The van der Waals surface area contributed by atoms with E-state index in [9.17, 15) is 14.4 Å². The maximum Gasteiger partial charge on any atom is 0.439 e. The Morgan fingerprint density at radius 3 is 2.44 bits per heavy atom. The van der Waals surface area contributed by atoms with Crippen molar-refractivity contribution < 1.29 is 14.1 Å². The number of nitrogens with one attached hydrogen (secondary N) is 1. The summed E-state index contributed by atoms with van der Waals surface area (Å²) in [5.74, 6) is 0.576. The molecule has 1 N–H and O–H groups in total. The van der Waals surface area contributed by atoms with Crippen molar-refractivity contribution in [2.45, 2.75) is 89.4 Å². The molecule has 0 amide bonds. The molecule has 2 saturated carbocycles. The number of aromatic nitrogens is 6. The van der Waals surface area contributed by atoms with E-state index in [-0.39, 0.29) is 29.6 Å². The van der Waals surface area contributed by atoms with Crippen LogP contribution in [0, 0.1) is 0 Å². The zero-order chi connectivity index (χ0) is 30.9. The maximum absolute atomic E-state index is 14.3. The first kappa shape index (κ1) is 29.1. The lowest BCUT2D eigenvalue weighted by Gasteiger charge is -2.31. The van der Waals surface area contributed by atoms with Crippen molar-refractivity contribution >= 4 is 11.6 Å². The first-order valence-corrected chi connectivity index (χ1v) is 15.9. The third-order valence-electron chi connectivity index (χ3n) is 9.20. The number of hydrogen-bond donors (Lipinski definition) is 1. The standard InChI is InChI=1S/C34H36N6O5/c1-2-6-28-27(19-21-11-13-22(14-12-21)25-7-3-4-8-26(25)31-37-34(43)45-38-31)32(42)39(33-35-20-36-40(28)33)23-15-17-24(18-16-23)44-30-10-5-9-29(30)41/h3-4,7-8,11-14,20,23-24,30H,2,5-6,9-10,15-19H2,1H3,(H,37,38,43). The highest BCUT2D eigenvalue weighted by molar-refractivity contribution is 5.85. The van der Waals surface area contributed by atoms with Crippen LogP contribution in [-0.4, -0.2) is 47.3 Å². The molecule has 0 saturated heterocycles. The van der Waals surface area contributed by atoms with Gasteiger partial charge in [-0.3, -0.25) is 23.7 Å². The average molecular weight is 609 g/mol. The Kier molecular flexibility index (Phi) is 8.01. The van der Waals surface area contributed by atoms with Gasteiger partial charge in [0.25, 0.3) is 5.56 Å². The SMILES string of the molecule is CCCc1c(Cc2ccc(-c3ccccc3-c3noc(=O)[nH]3)cc2)c(=O)n(C2CCC(OC3CCCC3=O)CC2)c2ncnn12. The first-order valence-electron chi connectivity index (χ1n) is 15.9. The van der Waals surface area contributed by atoms with E-state index >= 15 is 0 Å². The van der Waals surface area contributed by atoms with E-state index in [4.69, 9.17) is 9.26 Å². The molecule has 1 atom stereocenters. The van der Waals surface area contributed by atoms with Gasteiger partial charge in [-0.15, -0.1) is 0 Å². The van der Waals surface area contributed by atoms with Crippen LogP contribution in [0.25, 0.3) is 28.3 Å². The van der Waals surface area contributed by atoms with Gasteiger partial charge in [-0.2, -0.15) is 10.1 Å². The van der Waals surface area contributed by atoms with Crippen molar-refractivity contribution in [2.75, 3.05) is 0 Å². The summed E-state index contributed by atoms with van der Waals surface area (Å²) < 4.78 is 14.6. The second-order valence-electron chi connectivity index (χ2n) is 12.1. The lowest BCUT2D eigenvalue weighted by molar-refractivity contribution is -0.132. The van der Waals surface area contributed by atoms with Crippen LogP contribution in [0.15, 0.2) is 69.0 Å². The molecule has 2 aliphatic rings. The molecule has 0 radical (unpaired) electrons. The molecule has 0 aliphatic heterocycles. The van der Waals surface area contributed by atoms with E-state index in [1.807, 2.05) is 57.6 Å². The van der Waals surface area contributed by atoms with Gasteiger partial charge in [-0.05, 0) is 61.6 Å². The van der Waals surface area contributed by atoms with Crippen LogP contribution >= 0.6 is 0 Å². The summed E-state index contributed by atoms with van der Waals surface area (Å²) in [5, 5.41) is 8.43. The van der Waals surface area contributed by atoms with Gasteiger partial charge >= 0.3 is 5.76 Å². The van der Waals surface area contributed by atoms with Gasteiger partial charge in [0.2, 0.25) is 5.78 Å². The first-order chi connectivity index (χ1) is 22.0. The maximum atomic E-state index is 14.3. The minimum Gasteiger partial charge on any atom is -0.367 e. The van der Waals surface area contributed by atoms with Gasteiger partial charge in [0.1, 0.15) is 12.4 Å². The summed E-state index contributed by atoms with van der Waals surface area (Å²) in [5.41, 5.74) is 5.24. The summed E-state index contributed by atoms with van der Waals surface area (Å²) in [6.45, 7) is 2.10. The van der Waals surface area contributed by atoms with Gasteiger partial charge in [-0.25, -0.2) is 9.31 Å². The van der Waals surface area contributed by atoms with Crippen LogP contribution in [0.5, 0.6) is 0 Å². The fourth-order valence-corrected chi connectivity index (χ4v) is 6.97. The van der Waals surface area contributed by atoms with Gasteiger partial charge in [0.05, 0.1) is 11.8 Å². The molecule has 1 unspecified atom stereocenters. The fourth-order valence-electron chi connectivity index (χ4n) is 6.97. The van der Waals surface area contributed by atoms with E-state index in [1.54, 1.807) is 0 Å². The highest BCUT2D eigenvalue weighted by atomic mass is 16.5. The van der Waals surface area contributed by atoms with Crippen molar-refractivity contribution in [2.24, 2.45) is 0 Å².